The maximum Gasteiger partial charge on any atom is 0.186 e. The van der Waals surface area contributed by atoms with Crippen molar-refractivity contribution >= 4 is 5.78 Å². The number of ketones is 1. The average Bonchev–Trinajstić information content (AvgIpc) is 2.12. The lowest BCUT2D eigenvalue weighted by atomic mass is 9.85. The normalized spacial score (nSPS) is 30.7. The number of hydrogen-bond acceptors (Lipinski definition) is 2. The Hall–Kier alpha value is -0.630. The first-order valence-electron chi connectivity index (χ1n) is 5.81. The molecule has 0 bridgehead atoms. The van der Waals surface area contributed by atoms with Crippen LogP contribution < -0.4 is 0 Å². The van der Waals surface area contributed by atoms with Gasteiger partial charge in [0, 0.05) is 0 Å². The van der Waals surface area contributed by atoms with Crippen LogP contribution in [0.15, 0.2) is 12.2 Å². The molecule has 0 spiro atoms. The van der Waals surface area contributed by atoms with Crippen molar-refractivity contribution in [1.29, 1.82) is 0 Å². The summed E-state index contributed by atoms with van der Waals surface area (Å²) in [6, 6.07) is 0. The minimum Gasteiger partial charge on any atom is -0.361 e. The van der Waals surface area contributed by atoms with Gasteiger partial charge in [0.25, 0.3) is 0 Å². The van der Waals surface area contributed by atoms with Crippen molar-refractivity contribution in [3.05, 3.63) is 12.2 Å². The zero-order chi connectivity index (χ0) is 11.5. The van der Waals surface area contributed by atoms with Crippen LogP contribution >= 0.6 is 0 Å². The Balaban J connectivity index is 2.73. The molecule has 0 saturated carbocycles. The van der Waals surface area contributed by atoms with Crippen LogP contribution in [0.5, 0.6) is 0 Å². The molecule has 15 heavy (non-hydrogen) atoms. The van der Waals surface area contributed by atoms with Gasteiger partial charge in [-0.15, -0.1) is 0 Å². The molecule has 0 radical (unpaired) electrons. The van der Waals surface area contributed by atoms with Crippen molar-refractivity contribution in [3.8, 4) is 0 Å². The molecule has 1 aliphatic heterocycles. The van der Waals surface area contributed by atoms with Crippen molar-refractivity contribution in [2.45, 2.75) is 64.6 Å². The van der Waals surface area contributed by atoms with Gasteiger partial charge in [0.1, 0.15) is 5.60 Å². The van der Waals surface area contributed by atoms with Crippen molar-refractivity contribution in [2.24, 2.45) is 0 Å². The highest BCUT2D eigenvalue weighted by molar-refractivity contribution is 5.96. The van der Waals surface area contributed by atoms with Crippen LogP contribution in [-0.4, -0.2) is 17.0 Å². The number of allylic oxidation sites excluding steroid dienone is 1. The van der Waals surface area contributed by atoms with E-state index in [0.29, 0.717) is 0 Å². The maximum atomic E-state index is 12.0. The van der Waals surface area contributed by atoms with E-state index in [2.05, 4.69) is 13.8 Å². The second-order valence-electron chi connectivity index (χ2n) is 5.12. The number of rotatable bonds is 3. The predicted octanol–water partition coefficient (Wildman–Crippen LogP) is 3.26. The van der Waals surface area contributed by atoms with Gasteiger partial charge in [0.2, 0.25) is 0 Å². The standard InChI is InChI=1S/C13H22O2/c1-5-6-8-11(14)13(4)10-7-9-12(2,3)15-13/h6,8H,5,7,9-10H2,1-4H3/b8-6+. The summed E-state index contributed by atoms with van der Waals surface area (Å²) in [5.41, 5.74) is -0.768. The quantitative estimate of drug-likeness (QED) is 0.668. The molecule has 2 nitrogen and oxygen atoms in total. The first-order chi connectivity index (χ1) is 6.90. The summed E-state index contributed by atoms with van der Waals surface area (Å²) in [6.07, 6.45) is 7.40. The zero-order valence-electron chi connectivity index (χ0n) is 10.3. The Labute approximate surface area is 92.7 Å². The topological polar surface area (TPSA) is 26.3 Å². The molecule has 2 heteroatoms. The molecule has 1 aliphatic rings. The molecular formula is C13H22O2. The van der Waals surface area contributed by atoms with Gasteiger partial charge in [0.15, 0.2) is 5.78 Å². The van der Waals surface area contributed by atoms with E-state index < -0.39 is 5.60 Å². The van der Waals surface area contributed by atoms with Gasteiger partial charge < -0.3 is 4.74 Å². The molecule has 1 fully saturated rings. The summed E-state index contributed by atoms with van der Waals surface area (Å²) < 4.78 is 5.92. The number of carbonyl (C=O) groups excluding carboxylic acids is 1. The monoisotopic (exact) mass is 210 g/mol. The van der Waals surface area contributed by atoms with E-state index in [-0.39, 0.29) is 11.4 Å². The molecule has 1 unspecified atom stereocenters. The molecule has 1 saturated heterocycles. The first kappa shape index (κ1) is 12.4. The van der Waals surface area contributed by atoms with Crippen LogP contribution in [0.4, 0.5) is 0 Å². The Kier molecular flexibility index (Phi) is 3.72. The molecule has 0 N–H and O–H groups in total. The van der Waals surface area contributed by atoms with E-state index >= 15 is 0 Å². The summed E-state index contributed by atoms with van der Waals surface area (Å²) in [5, 5.41) is 0. The van der Waals surface area contributed by atoms with Gasteiger partial charge in [-0.3, -0.25) is 4.79 Å². The SMILES string of the molecule is CC/C=C/C(=O)C1(C)CCCC(C)(C)O1. The molecule has 1 rings (SSSR count). The van der Waals surface area contributed by atoms with Gasteiger partial charge in [-0.1, -0.05) is 13.0 Å². The van der Waals surface area contributed by atoms with Crippen LogP contribution in [0.2, 0.25) is 0 Å². The largest absolute Gasteiger partial charge is 0.361 e. The van der Waals surface area contributed by atoms with Crippen LogP contribution in [-0.2, 0) is 9.53 Å². The lowest BCUT2D eigenvalue weighted by Crippen LogP contribution is -2.48. The van der Waals surface area contributed by atoms with E-state index in [1.54, 1.807) is 6.08 Å². The fourth-order valence-electron chi connectivity index (χ4n) is 2.14. The van der Waals surface area contributed by atoms with E-state index in [9.17, 15) is 4.79 Å². The molecule has 0 aromatic rings. The second-order valence-corrected chi connectivity index (χ2v) is 5.12. The molecular weight excluding hydrogens is 188 g/mol. The first-order valence-corrected chi connectivity index (χ1v) is 5.81. The highest BCUT2D eigenvalue weighted by Crippen LogP contribution is 2.35. The number of carbonyl (C=O) groups is 1. The summed E-state index contributed by atoms with van der Waals surface area (Å²) in [5.74, 6) is 0.108. The average molecular weight is 210 g/mol. The van der Waals surface area contributed by atoms with Gasteiger partial charge in [-0.25, -0.2) is 0 Å². The Morgan fingerprint density at radius 2 is 2.00 bits per heavy atom. The molecule has 0 aromatic heterocycles. The minimum absolute atomic E-state index is 0.108. The van der Waals surface area contributed by atoms with Gasteiger partial charge in [-0.05, 0) is 52.5 Å². The molecule has 1 atom stereocenters. The van der Waals surface area contributed by atoms with E-state index in [4.69, 9.17) is 4.74 Å². The van der Waals surface area contributed by atoms with Crippen molar-refractivity contribution in [1.82, 2.24) is 0 Å². The zero-order valence-corrected chi connectivity index (χ0v) is 10.3. The van der Waals surface area contributed by atoms with Gasteiger partial charge in [0.05, 0.1) is 5.60 Å². The smallest absolute Gasteiger partial charge is 0.186 e. The lowest BCUT2D eigenvalue weighted by molar-refractivity contribution is -0.176. The second kappa shape index (κ2) is 4.48. The van der Waals surface area contributed by atoms with Crippen molar-refractivity contribution in [2.75, 3.05) is 0 Å². The van der Waals surface area contributed by atoms with Gasteiger partial charge >= 0.3 is 0 Å². The number of hydrogen-bond donors (Lipinski definition) is 0. The molecule has 0 aliphatic carbocycles. The van der Waals surface area contributed by atoms with E-state index in [0.717, 1.165) is 25.7 Å². The van der Waals surface area contributed by atoms with E-state index in [1.165, 1.54) is 0 Å². The highest BCUT2D eigenvalue weighted by Gasteiger charge is 2.41. The predicted molar refractivity (Wildman–Crippen MR) is 61.9 cm³/mol. The maximum absolute atomic E-state index is 12.0. The fourth-order valence-corrected chi connectivity index (χ4v) is 2.14. The summed E-state index contributed by atoms with van der Waals surface area (Å²) in [7, 11) is 0. The van der Waals surface area contributed by atoms with E-state index in [1.807, 2.05) is 19.9 Å². The third kappa shape index (κ3) is 3.16. The van der Waals surface area contributed by atoms with Crippen LogP contribution in [0.1, 0.15) is 53.4 Å². The Bertz CT molecular complexity index is 266. The van der Waals surface area contributed by atoms with Crippen molar-refractivity contribution in [3.63, 3.8) is 0 Å². The fraction of sp³-hybridized carbons (Fsp3) is 0.769. The third-order valence-corrected chi connectivity index (χ3v) is 2.96. The molecule has 0 amide bonds. The van der Waals surface area contributed by atoms with Crippen LogP contribution in [0, 0.1) is 0 Å². The van der Waals surface area contributed by atoms with Gasteiger partial charge in [-0.2, -0.15) is 0 Å². The third-order valence-electron chi connectivity index (χ3n) is 2.96. The highest BCUT2D eigenvalue weighted by atomic mass is 16.5. The van der Waals surface area contributed by atoms with Crippen molar-refractivity contribution < 1.29 is 9.53 Å². The Morgan fingerprint density at radius 1 is 1.33 bits per heavy atom. The number of ether oxygens (including phenoxy) is 1. The minimum atomic E-state index is -0.604. The molecule has 1 heterocycles. The Morgan fingerprint density at radius 3 is 2.53 bits per heavy atom. The molecule has 0 aromatic carbocycles. The summed E-state index contributed by atoms with van der Waals surface area (Å²) >= 11 is 0. The summed E-state index contributed by atoms with van der Waals surface area (Å²) in [4.78, 5) is 12.0. The van der Waals surface area contributed by atoms with Crippen LogP contribution in [0.25, 0.3) is 0 Å². The van der Waals surface area contributed by atoms with Crippen LogP contribution in [0.3, 0.4) is 0 Å². The summed E-state index contributed by atoms with van der Waals surface area (Å²) in [6.45, 7) is 8.05. The molecule has 86 valence electrons. The lowest BCUT2D eigenvalue weighted by Gasteiger charge is -2.41.